The largest absolute Gasteiger partial charge is 0.313 e. The zero-order chi connectivity index (χ0) is 8.65. The van der Waals surface area contributed by atoms with Crippen LogP contribution in [-0.2, 0) is 9.59 Å². The van der Waals surface area contributed by atoms with E-state index in [9.17, 15) is 9.59 Å². The normalized spacial score (nSPS) is 38.3. The Morgan fingerprint density at radius 1 is 1.64 bits per heavy atom. The summed E-state index contributed by atoms with van der Waals surface area (Å²) in [6, 6.07) is 0. The monoisotopic (exact) mass is 173 g/mol. The van der Waals surface area contributed by atoms with Crippen molar-refractivity contribution in [2.45, 2.75) is 24.1 Å². The van der Waals surface area contributed by atoms with Gasteiger partial charge in [-0.2, -0.15) is 11.8 Å². The van der Waals surface area contributed by atoms with Gasteiger partial charge in [-0.3, -0.25) is 9.59 Å². The fourth-order valence-electron chi connectivity index (χ4n) is 1.14. The van der Waals surface area contributed by atoms with Crippen molar-refractivity contribution in [3.05, 3.63) is 0 Å². The number of carbonyl (C=O) groups is 2. The Balaban J connectivity index is 2.89. The average Bonchev–Trinajstić information content (AvgIpc) is 2.14. The Morgan fingerprint density at radius 2 is 2.18 bits per heavy atom. The van der Waals surface area contributed by atoms with Crippen LogP contribution in [0.2, 0.25) is 0 Å². The number of carbonyl (C=O) groups excluding carboxylic acids is 2. The highest BCUT2D eigenvalue weighted by atomic mass is 32.2. The van der Waals surface area contributed by atoms with E-state index in [0.29, 0.717) is 6.42 Å². The molecule has 1 aliphatic carbocycles. The maximum atomic E-state index is 11.3. The van der Waals surface area contributed by atoms with Gasteiger partial charge in [-0.25, -0.2) is 0 Å². The highest BCUT2D eigenvalue weighted by Crippen LogP contribution is 2.27. The third kappa shape index (κ3) is 1.20. The molecule has 1 fully saturated rings. The number of rotatable bonds is 1. The lowest BCUT2D eigenvalue weighted by molar-refractivity contribution is -0.128. The lowest BCUT2D eigenvalue weighted by atomic mass is 10.0. The van der Waals surface area contributed by atoms with Gasteiger partial charge < -0.3 is 5.73 Å². The number of hydrogen-bond donors (Lipinski definition) is 1. The molecule has 0 aromatic rings. The number of thioether (sulfide) groups is 1. The lowest BCUT2D eigenvalue weighted by Crippen LogP contribution is -2.48. The predicted octanol–water partition coefficient (Wildman–Crippen LogP) is -0.0227. The third-order valence-corrected chi connectivity index (χ3v) is 2.99. The van der Waals surface area contributed by atoms with Crippen LogP contribution in [0.15, 0.2) is 0 Å². The van der Waals surface area contributed by atoms with Crippen LogP contribution in [-0.4, -0.2) is 28.6 Å². The number of hydrogen-bond acceptors (Lipinski definition) is 4. The molecule has 2 atom stereocenters. The Bertz CT molecular complexity index is 212. The first-order valence-corrected chi connectivity index (χ1v) is 4.68. The molecule has 0 heterocycles. The molecular weight excluding hydrogens is 162 g/mol. The number of nitrogens with two attached hydrogens (primary N) is 1. The highest BCUT2D eigenvalue weighted by molar-refractivity contribution is 8.00. The highest BCUT2D eigenvalue weighted by Gasteiger charge is 2.47. The van der Waals surface area contributed by atoms with Crippen LogP contribution in [0.25, 0.3) is 0 Å². The van der Waals surface area contributed by atoms with E-state index in [1.54, 1.807) is 0 Å². The van der Waals surface area contributed by atoms with Crippen molar-refractivity contribution in [3.8, 4) is 0 Å². The van der Waals surface area contributed by atoms with Crippen molar-refractivity contribution in [1.29, 1.82) is 0 Å². The van der Waals surface area contributed by atoms with Gasteiger partial charge in [-0.15, -0.1) is 0 Å². The summed E-state index contributed by atoms with van der Waals surface area (Å²) in [6.45, 7) is 1.49. The standard InChI is InChI=1S/C7H11NO2S/c1-7(8)5(9)3-4(11-2)6(7)10/h4H,3,8H2,1-2H3. The molecule has 3 nitrogen and oxygen atoms in total. The van der Waals surface area contributed by atoms with Crippen molar-refractivity contribution in [3.63, 3.8) is 0 Å². The van der Waals surface area contributed by atoms with Gasteiger partial charge in [0.05, 0.1) is 5.25 Å². The number of ketones is 2. The minimum atomic E-state index is -1.21. The molecular formula is C7H11NO2S. The summed E-state index contributed by atoms with van der Waals surface area (Å²) < 4.78 is 0. The summed E-state index contributed by atoms with van der Waals surface area (Å²) in [4.78, 5) is 22.4. The molecule has 2 unspecified atom stereocenters. The summed E-state index contributed by atoms with van der Waals surface area (Å²) in [5.41, 5.74) is 4.30. The van der Waals surface area contributed by atoms with Crippen LogP contribution < -0.4 is 5.73 Å². The second-order valence-corrected chi connectivity index (χ2v) is 3.96. The van der Waals surface area contributed by atoms with Crippen molar-refractivity contribution in [1.82, 2.24) is 0 Å². The van der Waals surface area contributed by atoms with Crippen molar-refractivity contribution in [2.24, 2.45) is 5.73 Å². The van der Waals surface area contributed by atoms with E-state index >= 15 is 0 Å². The van der Waals surface area contributed by atoms with Gasteiger partial charge in [-0.1, -0.05) is 0 Å². The van der Waals surface area contributed by atoms with Gasteiger partial charge in [0.2, 0.25) is 0 Å². The smallest absolute Gasteiger partial charge is 0.173 e. The van der Waals surface area contributed by atoms with Gasteiger partial charge in [0.15, 0.2) is 11.6 Å². The molecule has 1 saturated carbocycles. The minimum Gasteiger partial charge on any atom is -0.313 e. The molecule has 1 rings (SSSR count). The molecule has 0 amide bonds. The van der Waals surface area contributed by atoms with E-state index in [1.807, 2.05) is 6.26 Å². The van der Waals surface area contributed by atoms with Crippen LogP contribution in [0.5, 0.6) is 0 Å². The van der Waals surface area contributed by atoms with E-state index in [-0.39, 0.29) is 16.8 Å². The molecule has 0 aromatic heterocycles. The summed E-state index contributed by atoms with van der Waals surface area (Å²) in [5.74, 6) is -0.267. The molecule has 62 valence electrons. The fourth-order valence-corrected chi connectivity index (χ4v) is 1.91. The van der Waals surface area contributed by atoms with E-state index in [4.69, 9.17) is 5.73 Å². The maximum absolute atomic E-state index is 11.3. The van der Waals surface area contributed by atoms with E-state index in [0.717, 1.165) is 0 Å². The summed E-state index contributed by atoms with van der Waals surface area (Å²) in [6.07, 6.45) is 2.12. The second kappa shape index (κ2) is 2.60. The summed E-state index contributed by atoms with van der Waals surface area (Å²) in [5, 5.41) is -0.211. The van der Waals surface area contributed by atoms with Crippen LogP contribution in [0.1, 0.15) is 13.3 Å². The maximum Gasteiger partial charge on any atom is 0.173 e. The van der Waals surface area contributed by atoms with Gasteiger partial charge in [0, 0.05) is 6.42 Å². The molecule has 0 saturated heterocycles. The minimum absolute atomic E-state index is 0.130. The topological polar surface area (TPSA) is 60.2 Å². The van der Waals surface area contributed by atoms with E-state index in [2.05, 4.69) is 0 Å². The lowest BCUT2D eigenvalue weighted by Gasteiger charge is -2.12. The van der Waals surface area contributed by atoms with Crippen LogP contribution >= 0.6 is 11.8 Å². The molecule has 4 heteroatoms. The van der Waals surface area contributed by atoms with Crippen molar-refractivity contribution in [2.75, 3.05) is 6.26 Å². The summed E-state index contributed by atoms with van der Waals surface area (Å²) in [7, 11) is 0. The molecule has 0 aromatic carbocycles. The quantitative estimate of drug-likeness (QED) is 0.566. The molecule has 0 spiro atoms. The summed E-state index contributed by atoms with van der Waals surface area (Å²) >= 11 is 1.40. The van der Waals surface area contributed by atoms with Gasteiger partial charge in [-0.05, 0) is 13.2 Å². The molecule has 1 aliphatic rings. The SMILES string of the molecule is CSC1CC(=O)C(C)(N)C1=O. The molecule has 11 heavy (non-hydrogen) atoms. The zero-order valence-corrected chi connectivity index (χ0v) is 7.40. The average molecular weight is 173 g/mol. The Hall–Kier alpha value is -0.350. The molecule has 0 aliphatic heterocycles. The van der Waals surface area contributed by atoms with Crippen molar-refractivity contribution < 1.29 is 9.59 Å². The predicted molar refractivity (Wildman–Crippen MR) is 44.5 cm³/mol. The third-order valence-electron chi connectivity index (χ3n) is 2.04. The van der Waals surface area contributed by atoms with Crippen LogP contribution in [0.4, 0.5) is 0 Å². The fraction of sp³-hybridized carbons (Fsp3) is 0.714. The zero-order valence-electron chi connectivity index (χ0n) is 6.59. The first kappa shape index (κ1) is 8.74. The van der Waals surface area contributed by atoms with Gasteiger partial charge in [0.25, 0.3) is 0 Å². The molecule has 2 N–H and O–H groups in total. The van der Waals surface area contributed by atoms with Crippen LogP contribution in [0.3, 0.4) is 0 Å². The Labute approximate surface area is 69.7 Å². The first-order chi connectivity index (χ1) is 5.00. The number of Topliss-reactive ketones (excluding diaryl/α,β-unsaturated/α-hetero) is 2. The van der Waals surface area contributed by atoms with Gasteiger partial charge in [0.1, 0.15) is 5.54 Å². The molecule has 0 bridgehead atoms. The van der Waals surface area contributed by atoms with Crippen molar-refractivity contribution >= 4 is 23.3 Å². The van der Waals surface area contributed by atoms with E-state index < -0.39 is 5.54 Å². The van der Waals surface area contributed by atoms with Gasteiger partial charge >= 0.3 is 0 Å². The first-order valence-electron chi connectivity index (χ1n) is 3.39. The Morgan fingerprint density at radius 3 is 2.36 bits per heavy atom. The second-order valence-electron chi connectivity index (χ2n) is 2.92. The Kier molecular flexibility index (Phi) is 2.07. The van der Waals surface area contributed by atoms with E-state index in [1.165, 1.54) is 18.7 Å². The van der Waals surface area contributed by atoms with Crippen LogP contribution in [0, 0.1) is 0 Å². The molecule has 0 radical (unpaired) electrons.